The third kappa shape index (κ3) is 4.75. The maximum Gasteiger partial charge on any atom is 0.369 e. The Morgan fingerprint density at radius 3 is 1.38 bits per heavy atom. The van der Waals surface area contributed by atoms with Crippen molar-refractivity contribution in [3.05, 3.63) is 91.0 Å². The number of carbonyl (C=O) groups is 3. The van der Waals surface area contributed by atoms with Crippen LogP contribution in [0.3, 0.4) is 0 Å². The van der Waals surface area contributed by atoms with Gasteiger partial charge in [0, 0.05) is 19.5 Å². The van der Waals surface area contributed by atoms with Crippen LogP contribution < -0.4 is 15.9 Å². The van der Waals surface area contributed by atoms with Gasteiger partial charge in [-0.25, -0.2) is 4.79 Å². The van der Waals surface area contributed by atoms with Crippen LogP contribution in [-0.4, -0.2) is 18.0 Å². The Kier molecular flexibility index (Phi) is 8.13. The standard InChI is InChI=1S/C23H20O4P.Rh/c1-18(25)22(17-24)23(26)27-28(19-11-5-2-6-12-19,20-13-7-3-8-14-20)21-15-9-4-10-16-21;/h2-17,22H,1H3;/q+1;. The van der Waals surface area contributed by atoms with Gasteiger partial charge >= 0.3 is 5.97 Å². The van der Waals surface area contributed by atoms with Gasteiger partial charge in [-0.15, -0.1) is 0 Å². The van der Waals surface area contributed by atoms with Crippen LogP contribution >= 0.6 is 7.49 Å². The molecule has 1 radical (unpaired) electrons. The largest absolute Gasteiger partial charge is 0.369 e. The molecule has 0 aromatic heterocycles. The molecule has 0 spiro atoms. The van der Waals surface area contributed by atoms with Gasteiger partial charge in [0.1, 0.15) is 22.2 Å². The fraction of sp³-hybridized carbons (Fsp3) is 0.0870. The minimum absolute atomic E-state index is 0. The van der Waals surface area contributed by atoms with E-state index in [-0.39, 0.29) is 19.5 Å². The van der Waals surface area contributed by atoms with Gasteiger partial charge in [-0.1, -0.05) is 54.6 Å². The summed E-state index contributed by atoms with van der Waals surface area (Å²) in [5.41, 5.74) is 0. The fourth-order valence-corrected chi connectivity index (χ4v) is 6.40. The Morgan fingerprint density at radius 2 is 1.10 bits per heavy atom. The van der Waals surface area contributed by atoms with Gasteiger partial charge in [0.15, 0.2) is 11.7 Å². The molecule has 0 heterocycles. The first-order valence-corrected chi connectivity index (χ1v) is 10.6. The maximum absolute atomic E-state index is 12.9. The molecule has 149 valence electrons. The van der Waals surface area contributed by atoms with Crippen LogP contribution in [0.5, 0.6) is 0 Å². The summed E-state index contributed by atoms with van der Waals surface area (Å²) in [6, 6.07) is 28.4. The molecule has 0 saturated heterocycles. The third-order valence-corrected chi connectivity index (χ3v) is 7.94. The third-order valence-electron chi connectivity index (χ3n) is 4.41. The number of ketones is 1. The van der Waals surface area contributed by atoms with E-state index in [1.54, 1.807) is 0 Å². The van der Waals surface area contributed by atoms with Crippen LogP contribution in [0.15, 0.2) is 91.0 Å². The van der Waals surface area contributed by atoms with E-state index in [4.69, 9.17) is 4.52 Å². The molecule has 29 heavy (non-hydrogen) atoms. The van der Waals surface area contributed by atoms with E-state index in [1.165, 1.54) is 6.92 Å². The van der Waals surface area contributed by atoms with Gasteiger partial charge in [0.25, 0.3) is 7.49 Å². The zero-order valence-corrected chi connectivity index (χ0v) is 18.3. The van der Waals surface area contributed by atoms with Gasteiger partial charge in [0.2, 0.25) is 0 Å². The summed E-state index contributed by atoms with van der Waals surface area (Å²) >= 11 is 0. The maximum atomic E-state index is 12.9. The van der Waals surface area contributed by atoms with E-state index >= 15 is 0 Å². The van der Waals surface area contributed by atoms with Gasteiger partial charge < -0.3 is 4.79 Å². The minimum Gasteiger partial charge on any atom is -0.302 e. The van der Waals surface area contributed by atoms with Crippen LogP contribution in [0, 0.1) is 5.92 Å². The summed E-state index contributed by atoms with van der Waals surface area (Å²) in [4.78, 5) is 36.1. The quantitative estimate of drug-likeness (QED) is 0.220. The number of aldehydes is 1. The summed E-state index contributed by atoms with van der Waals surface area (Å²) in [5.74, 6) is -2.80. The van der Waals surface area contributed by atoms with Crippen LogP contribution in [0.25, 0.3) is 0 Å². The van der Waals surface area contributed by atoms with E-state index in [1.807, 2.05) is 91.0 Å². The fourth-order valence-electron chi connectivity index (χ4n) is 3.03. The molecule has 6 heteroatoms. The average Bonchev–Trinajstić information content (AvgIpc) is 2.74. The number of benzene rings is 3. The van der Waals surface area contributed by atoms with Crippen molar-refractivity contribution in [3.63, 3.8) is 0 Å². The molecule has 4 nitrogen and oxygen atoms in total. The first-order valence-electron chi connectivity index (χ1n) is 8.84. The van der Waals surface area contributed by atoms with Gasteiger partial charge in [-0.3, -0.25) is 9.32 Å². The number of hydrogen-bond donors (Lipinski definition) is 0. The number of hydrogen-bond acceptors (Lipinski definition) is 4. The molecule has 1 unspecified atom stereocenters. The van der Waals surface area contributed by atoms with E-state index in [9.17, 15) is 14.4 Å². The van der Waals surface area contributed by atoms with Crippen molar-refractivity contribution in [3.8, 4) is 0 Å². The van der Waals surface area contributed by atoms with Crippen LogP contribution in [0.4, 0.5) is 0 Å². The Labute approximate surface area is 183 Å². The van der Waals surface area contributed by atoms with Gasteiger partial charge in [-0.2, -0.15) is 0 Å². The van der Waals surface area contributed by atoms with Crippen molar-refractivity contribution in [2.24, 2.45) is 5.92 Å². The van der Waals surface area contributed by atoms with Gasteiger partial charge in [0.05, 0.1) is 0 Å². The SMILES string of the molecule is CC(=O)C(C=O)C(=O)O[P+](c1ccccc1)(c1ccccc1)c1ccccc1.[Rh]. The molecule has 0 N–H and O–H groups in total. The number of rotatable bonds is 7. The number of carbonyl (C=O) groups excluding carboxylic acids is 3. The molecule has 0 fully saturated rings. The molecule has 3 aromatic rings. The Hall–Kier alpha value is -2.48. The second kappa shape index (κ2) is 10.3. The van der Waals surface area contributed by atoms with E-state index in [0.29, 0.717) is 6.29 Å². The summed E-state index contributed by atoms with van der Waals surface area (Å²) < 4.78 is 6.13. The van der Waals surface area contributed by atoms with Crippen molar-refractivity contribution in [2.45, 2.75) is 6.92 Å². The Balaban J connectivity index is 0.00000300. The van der Waals surface area contributed by atoms with Crippen molar-refractivity contribution in [1.82, 2.24) is 0 Å². The molecule has 0 aliphatic carbocycles. The normalized spacial score (nSPS) is 11.6. The molecule has 0 aliphatic heterocycles. The van der Waals surface area contributed by atoms with E-state index in [2.05, 4.69) is 0 Å². The first-order chi connectivity index (χ1) is 13.6. The molecule has 3 rings (SSSR count). The number of Topliss-reactive ketones (excluding diaryl/α,β-unsaturated/α-hetero) is 1. The summed E-state index contributed by atoms with van der Waals surface area (Å²) in [5, 5.41) is 2.48. The molecule has 0 amide bonds. The zero-order valence-electron chi connectivity index (χ0n) is 15.7. The van der Waals surface area contributed by atoms with Crippen molar-refractivity contribution < 1.29 is 38.4 Å². The van der Waals surface area contributed by atoms with Crippen molar-refractivity contribution in [2.75, 3.05) is 0 Å². The topological polar surface area (TPSA) is 60.4 Å². The van der Waals surface area contributed by atoms with Crippen molar-refractivity contribution >= 4 is 41.4 Å². The average molecular weight is 494 g/mol. The molecular weight excluding hydrogens is 474 g/mol. The molecular formula is C23H20O4PRh+. The van der Waals surface area contributed by atoms with Crippen molar-refractivity contribution in [1.29, 1.82) is 0 Å². The Morgan fingerprint density at radius 1 is 0.759 bits per heavy atom. The molecule has 0 bridgehead atoms. The monoisotopic (exact) mass is 494 g/mol. The van der Waals surface area contributed by atoms with Crippen LogP contribution in [0.2, 0.25) is 0 Å². The van der Waals surface area contributed by atoms with E-state index in [0.717, 1.165) is 15.9 Å². The Bertz CT molecular complexity index is 865. The predicted octanol–water partition coefficient (Wildman–Crippen LogP) is 2.84. The molecule has 1 atom stereocenters. The molecule has 3 aromatic carbocycles. The molecule has 0 saturated carbocycles. The van der Waals surface area contributed by atoms with E-state index < -0.39 is 25.2 Å². The van der Waals surface area contributed by atoms with Crippen LogP contribution in [0.1, 0.15) is 6.92 Å². The summed E-state index contributed by atoms with van der Waals surface area (Å²) in [6.45, 7) is 1.22. The smallest absolute Gasteiger partial charge is 0.302 e. The second-order valence-corrected chi connectivity index (χ2v) is 9.20. The van der Waals surface area contributed by atoms with Crippen LogP contribution in [-0.2, 0) is 38.4 Å². The first kappa shape index (κ1) is 22.8. The minimum atomic E-state index is -2.88. The van der Waals surface area contributed by atoms with Gasteiger partial charge in [-0.05, 0) is 43.3 Å². The second-order valence-electron chi connectivity index (χ2n) is 6.25. The summed E-state index contributed by atoms with van der Waals surface area (Å²) in [6.07, 6.45) is 0.348. The summed E-state index contributed by atoms with van der Waals surface area (Å²) in [7, 11) is -2.88. The molecule has 0 aliphatic rings. The predicted molar refractivity (Wildman–Crippen MR) is 111 cm³/mol. The zero-order chi connectivity index (χ0) is 20.0.